The van der Waals surface area contributed by atoms with E-state index in [1.807, 2.05) is 6.07 Å². The Bertz CT molecular complexity index is 849. The van der Waals surface area contributed by atoms with Gasteiger partial charge in [0.15, 0.2) is 0 Å². The van der Waals surface area contributed by atoms with Crippen molar-refractivity contribution in [2.45, 2.75) is 38.8 Å². The van der Waals surface area contributed by atoms with Crippen LogP contribution in [0.5, 0.6) is 0 Å². The number of hydrogen-bond acceptors (Lipinski definition) is 2. The number of nitrogens with one attached hydrogen (secondary N) is 1. The largest absolute Gasteiger partial charge is 0.398 e. The molecule has 0 aliphatic heterocycles. The summed E-state index contributed by atoms with van der Waals surface area (Å²) in [6.45, 7) is 4.34. The van der Waals surface area contributed by atoms with Gasteiger partial charge in [0, 0.05) is 35.4 Å². The van der Waals surface area contributed by atoms with Crippen molar-refractivity contribution in [1.82, 2.24) is 9.88 Å². The van der Waals surface area contributed by atoms with Crippen LogP contribution in [0.1, 0.15) is 30.0 Å². The minimum Gasteiger partial charge on any atom is -0.398 e. The van der Waals surface area contributed by atoms with Crippen LogP contribution < -0.4 is 5.73 Å². The molecule has 4 rings (SSSR count). The van der Waals surface area contributed by atoms with Gasteiger partial charge in [-0.25, -0.2) is 0 Å². The summed E-state index contributed by atoms with van der Waals surface area (Å²) < 4.78 is 0. The molecule has 0 radical (unpaired) electrons. The zero-order chi connectivity index (χ0) is 16.5. The second-order valence-corrected chi connectivity index (χ2v) is 6.80. The highest BCUT2D eigenvalue weighted by Crippen LogP contribution is 2.30. The maximum atomic E-state index is 6.15. The highest BCUT2D eigenvalue weighted by atomic mass is 15.1. The molecule has 1 atom stereocenters. The first-order valence-electron chi connectivity index (χ1n) is 8.91. The van der Waals surface area contributed by atoms with Crippen molar-refractivity contribution in [2.75, 3.05) is 12.3 Å². The fourth-order valence-electron chi connectivity index (χ4n) is 4.11. The van der Waals surface area contributed by atoms with Crippen LogP contribution in [-0.4, -0.2) is 22.5 Å². The average Bonchev–Trinajstić information content (AvgIpc) is 3.02. The predicted molar refractivity (Wildman–Crippen MR) is 101 cm³/mol. The molecule has 3 nitrogen and oxygen atoms in total. The lowest BCUT2D eigenvalue weighted by Gasteiger charge is -2.35. The van der Waals surface area contributed by atoms with Gasteiger partial charge >= 0.3 is 0 Å². The third-order valence-electron chi connectivity index (χ3n) is 5.46. The molecule has 0 saturated carbocycles. The number of rotatable bonds is 4. The van der Waals surface area contributed by atoms with E-state index in [0.717, 1.165) is 31.6 Å². The van der Waals surface area contributed by atoms with Gasteiger partial charge in [-0.2, -0.15) is 0 Å². The number of likely N-dealkylation sites (N-methyl/N-ethyl adjacent to an activating group) is 1. The van der Waals surface area contributed by atoms with Crippen LogP contribution in [0.2, 0.25) is 0 Å². The SMILES string of the molecule is CCN(Cc1c[nH]c2ccccc12)C1CCc2c(N)cccc2C1. The number of hydrogen-bond donors (Lipinski definition) is 2. The Hall–Kier alpha value is -2.26. The molecule has 0 bridgehead atoms. The molecule has 1 unspecified atom stereocenters. The molecule has 0 spiro atoms. The summed E-state index contributed by atoms with van der Waals surface area (Å²) in [7, 11) is 0. The Kier molecular flexibility index (Phi) is 4.03. The van der Waals surface area contributed by atoms with Gasteiger partial charge in [0.25, 0.3) is 0 Å². The predicted octanol–water partition coefficient (Wildman–Crippen LogP) is 4.13. The first kappa shape index (κ1) is 15.3. The Morgan fingerprint density at radius 3 is 2.92 bits per heavy atom. The molecular formula is C21H25N3. The van der Waals surface area contributed by atoms with Gasteiger partial charge in [-0.1, -0.05) is 37.3 Å². The van der Waals surface area contributed by atoms with Gasteiger partial charge < -0.3 is 10.7 Å². The summed E-state index contributed by atoms with van der Waals surface area (Å²) >= 11 is 0. The van der Waals surface area contributed by atoms with Gasteiger partial charge in [0.2, 0.25) is 0 Å². The molecule has 0 fully saturated rings. The molecule has 1 aliphatic carbocycles. The van der Waals surface area contributed by atoms with E-state index in [1.54, 1.807) is 0 Å². The first-order chi connectivity index (χ1) is 11.8. The van der Waals surface area contributed by atoms with Crippen molar-refractivity contribution < 1.29 is 0 Å². The molecule has 3 aromatic rings. The monoisotopic (exact) mass is 319 g/mol. The summed E-state index contributed by atoms with van der Waals surface area (Å²) in [6, 6.07) is 15.5. The Morgan fingerprint density at radius 1 is 1.17 bits per heavy atom. The van der Waals surface area contributed by atoms with E-state index in [2.05, 4.69) is 59.4 Å². The van der Waals surface area contributed by atoms with E-state index >= 15 is 0 Å². The van der Waals surface area contributed by atoms with E-state index < -0.39 is 0 Å². The third kappa shape index (κ3) is 2.69. The summed E-state index contributed by atoms with van der Waals surface area (Å²) in [5.41, 5.74) is 12.5. The van der Waals surface area contributed by atoms with Gasteiger partial charge in [0.1, 0.15) is 0 Å². The summed E-state index contributed by atoms with van der Waals surface area (Å²) in [4.78, 5) is 6.01. The highest BCUT2D eigenvalue weighted by molar-refractivity contribution is 5.82. The second-order valence-electron chi connectivity index (χ2n) is 6.80. The van der Waals surface area contributed by atoms with Crippen molar-refractivity contribution in [3.8, 4) is 0 Å². The van der Waals surface area contributed by atoms with Crippen LogP contribution >= 0.6 is 0 Å². The molecule has 1 aromatic heterocycles. The average molecular weight is 319 g/mol. The van der Waals surface area contributed by atoms with Crippen LogP contribution in [0.25, 0.3) is 10.9 Å². The van der Waals surface area contributed by atoms with Crippen molar-refractivity contribution in [3.05, 3.63) is 65.4 Å². The summed E-state index contributed by atoms with van der Waals surface area (Å²) in [5.74, 6) is 0. The number of benzene rings is 2. The van der Waals surface area contributed by atoms with Gasteiger partial charge in [-0.15, -0.1) is 0 Å². The second kappa shape index (κ2) is 6.33. The number of fused-ring (bicyclic) bond motifs is 2. The number of para-hydroxylation sites is 1. The van der Waals surface area contributed by atoms with Crippen LogP contribution in [0, 0.1) is 0 Å². The molecule has 1 heterocycles. The third-order valence-corrected chi connectivity index (χ3v) is 5.46. The Morgan fingerprint density at radius 2 is 2.04 bits per heavy atom. The van der Waals surface area contributed by atoms with Gasteiger partial charge in [0.05, 0.1) is 0 Å². The van der Waals surface area contributed by atoms with E-state index in [-0.39, 0.29) is 0 Å². The number of anilines is 1. The fourth-order valence-corrected chi connectivity index (χ4v) is 4.11. The van der Waals surface area contributed by atoms with Crippen molar-refractivity contribution >= 4 is 16.6 Å². The molecule has 3 N–H and O–H groups in total. The number of nitrogens with zero attached hydrogens (tertiary/aromatic N) is 1. The van der Waals surface area contributed by atoms with Crippen LogP contribution in [-0.2, 0) is 19.4 Å². The summed E-state index contributed by atoms with van der Waals surface area (Å²) in [5, 5.41) is 1.34. The van der Waals surface area contributed by atoms with Gasteiger partial charge in [-0.05, 0) is 54.6 Å². The molecular weight excluding hydrogens is 294 g/mol. The quantitative estimate of drug-likeness (QED) is 0.710. The Balaban J connectivity index is 1.56. The lowest BCUT2D eigenvalue weighted by Crippen LogP contribution is -2.38. The standard InChI is InChI=1S/C21H25N3/c1-2-24(14-16-13-23-21-9-4-3-7-19(16)21)17-10-11-18-15(12-17)6-5-8-20(18)22/h3-9,13,17,23H,2,10-12,14,22H2,1H3. The van der Waals surface area contributed by atoms with E-state index in [0.29, 0.717) is 6.04 Å². The number of nitrogens with two attached hydrogens (primary N) is 1. The zero-order valence-electron chi connectivity index (χ0n) is 14.3. The maximum absolute atomic E-state index is 6.15. The minimum atomic E-state index is 0.595. The van der Waals surface area contributed by atoms with E-state index in [9.17, 15) is 0 Å². The zero-order valence-corrected chi connectivity index (χ0v) is 14.3. The van der Waals surface area contributed by atoms with Crippen LogP contribution in [0.4, 0.5) is 5.69 Å². The van der Waals surface area contributed by atoms with Crippen molar-refractivity contribution in [2.24, 2.45) is 0 Å². The smallest absolute Gasteiger partial charge is 0.0457 e. The highest BCUT2D eigenvalue weighted by Gasteiger charge is 2.25. The van der Waals surface area contributed by atoms with Gasteiger partial charge in [-0.3, -0.25) is 4.90 Å². The topological polar surface area (TPSA) is 45.0 Å². The molecule has 2 aromatic carbocycles. The molecule has 124 valence electrons. The minimum absolute atomic E-state index is 0.595. The first-order valence-corrected chi connectivity index (χ1v) is 8.91. The molecule has 24 heavy (non-hydrogen) atoms. The van der Waals surface area contributed by atoms with Crippen LogP contribution in [0.15, 0.2) is 48.7 Å². The number of H-pyrrole nitrogens is 1. The van der Waals surface area contributed by atoms with Crippen LogP contribution in [0.3, 0.4) is 0 Å². The van der Waals surface area contributed by atoms with E-state index in [1.165, 1.54) is 34.0 Å². The van der Waals surface area contributed by atoms with Crippen molar-refractivity contribution in [1.29, 1.82) is 0 Å². The fraction of sp³-hybridized carbons (Fsp3) is 0.333. The number of aromatic nitrogens is 1. The lowest BCUT2D eigenvalue weighted by atomic mass is 9.86. The Labute approximate surface area is 143 Å². The summed E-state index contributed by atoms with van der Waals surface area (Å²) in [6.07, 6.45) is 5.56. The van der Waals surface area contributed by atoms with Crippen molar-refractivity contribution in [3.63, 3.8) is 0 Å². The molecule has 0 amide bonds. The number of nitrogen functional groups attached to an aromatic ring is 1. The molecule has 3 heteroatoms. The normalized spacial score (nSPS) is 17.3. The molecule has 0 saturated heterocycles. The number of aromatic amines is 1. The maximum Gasteiger partial charge on any atom is 0.0457 e. The van der Waals surface area contributed by atoms with E-state index in [4.69, 9.17) is 5.73 Å². The molecule has 1 aliphatic rings. The lowest BCUT2D eigenvalue weighted by molar-refractivity contribution is 0.181.